The van der Waals surface area contributed by atoms with E-state index in [9.17, 15) is 4.79 Å². The molecule has 24 heavy (non-hydrogen) atoms. The number of rotatable bonds is 8. The first kappa shape index (κ1) is 17.9. The highest BCUT2D eigenvalue weighted by Gasteiger charge is 2.18. The fourth-order valence-corrected chi connectivity index (χ4v) is 2.54. The second kappa shape index (κ2) is 9.01. The Hall–Kier alpha value is -2.43. The summed E-state index contributed by atoms with van der Waals surface area (Å²) in [7, 11) is 0. The SMILES string of the molecule is CCCCCNc1cc(C(=O)N(CC)c2cccc(C)c2)ncn1. The predicted molar refractivity (Wildman–Crippen MR) is 98.6 cm³/mol. The molecule has 0 aliphatic heterocycles. The Kier molecular flexibility index (Phi) is 6.73. The molecule has 1 N–H and O–H groups in total. The van der Waals surface area contributed by atoms with E-state index in [1.54, 1.807) is 11.0 Å². The van der Waals surface area contributed by atoms with Crippen LogP contribution in [0.2, 0.25) is 0 Å². The highest BCUT2D eigenvalue weighted by Crippen LogP contribution is 2.18. The van der Waals surface area contributed by atoms with Crippen molar-refractivity contribution in [2.75, 3.05) is 23.3 Å². The van der Waals surface area contributed by atoms with Crippen molar-refractivity contribution >= 4 is 17.4 Å². The first-order valence-electron chi connectivity index (χ1n) is 8.60. The molecule has 0 radical (unpaired) electrons. The van der Waals surface area contributed by atoms with Crippen LogP contribution in [0.4, 0.5) is 11.5 Å². The van der Waals surface area contributed by atoms with E-state index in [2.05, 4.69) is 22.2 Å². The molecule has 0 saturated carbocycles. The fourth-order valence-electron chi connectivity index (χ4n) is 2.54. The maximum Gasteiger partial charge on any atom is 0.277 e. The van der Waals surface area contributed by atoms with E-state index < -0.39 is 0 Å². The van der Waals surface area contributed by atoms with Crippen LogP contribution < -0.4 is 10.2 Å². The summed E-state index contributed by atoms with van der Waals surface area (Å²) >= 11 is 0. The number of amides is 1. The van der Waals surface area contributed by atoms with Crippen LogP contribution in [-0.4, -0.2) is 29.0 Å². The molecule has 0 fully saturated rings. The first-order valence-corrected chi connectivity index (χ1v) is 8.60. The quantitative estimate of drug-likeness (QED) is 0.743. The molecule has 1 aromatic carbocycles. The normalized spacial score (nSPS) is 10.5. The predicted octanol–water partition coefficient (Wildman–Crippen LogP) is 4.05. The number of unbranched alkanes of at least 4 members (excludes halogenated alkanes) is 2. The zero-order valence-corrected chi connectivity index (χ0v) is 14.7. The van der Waals surface area contributed by atoms with Crippen molar-refractivity contribution in [2.24, 2.45) is 0 Å². The number of hydrogen-bond donors (Lipinski definition) is 1. The molecule has 2 rings (SSSR count). The van der Waals surface area contributed by atoms with E-state index in [1.807, 2.05) is 38.1 Å². The number of hydrogen-bond acceptors (Lipinski definition) is 4. The third-order valence-electron chi connectivity index (χ3n) is 3.85. The third-order valence-corrected chi connectivity index (χ3v) is 3.85. The Bertz CT molecular complexity index is 672. The van der Waals surface area contributed by atoms with Crippen LogP contribution >= 0.6 is 0 Å². The van der Waals surface area contributed by atoms with Crippen LogP contribution in [0.15, 0.2) is 36.7 Å². The molecule has 0 saturated heterocycles. The van der Waals surface area contributed by atoms with Gasteiger partial charge in [-0.2, -0.15) is 0 Å². The van der Waals surface area contributed by atoms with Crippen LogP contribution in [0.1, 0.15) is 49.2 Å². The van der Waals surface area contributed by atoms with Crippen molar-refractivity contribution < 1.29 is 4.79 Å². The van der Waals surface area contributed by atoms with E-state index in [1.165, 1.54) is 19.2 Å². The summed E-state index contributed by atoms with van der Waals surface area (Å²) in [5.74, 6) is 0.590. The summed E-state index contributed by atoms with van der Waals surface area (Å²) < 4.78 is 0. The summed E-state index contributed by atoms with van der Waals surface area (Å²) in [6, 6.07) is 9.66. The number of carbonyl (C=O) groups is 1. The molecular formula is C19H26N4O. The summed E-state index contributed by atoms with van der Waals surface area (Å²) in [5, 5.41) is 3.26. The van der Waals surface area contributed by atoms with Crippen LogP contribution in [0.5, 0.6) is 0 Å². The lowest BCUT2D eigenvalue weighted by Crippen LogP contribution is -2.31. The summed E-state index contributed by atoms with van der Waals surface area (Å²) in [4.78, 5) is 22.9. The molecule has 5 nitrogen and oxygen atoms in total. The zero-order chi connectivity index (χ0) is 17.4. The van der Waals surface area contributed by atoms with Gasteiger partial charge in [-0.15, -0.1) is 0 Å². The van der Waals surface area contributed by atoms with Crippen molar-refractivity contribution in [1.82, 2.24) is 9.97 Å². The maximum absolute atomic E-state index is 12.8. The lowest BCUT2D eigenvalue weighted by Gasteiger charge is -2.21. The van der Waals surface area contributed by atoms with Gasteiger partial charge in [-0.1, -0.05) is 31.9 Å². The second-order valence-electron chi connectivity index (χ2n) is 5.81. The fraction of sp³-hybridized carbons (Fsp3) is 0.421. The van der Waals surface area contributed by atoms with Gasteiger partial charge in [0.25, 0.3) is 5.91 Å². The largest absolute Gasteiger partial charge is 0.370 e. The van der Waals surface area contributed by atoms with Crippen LogP contribution in [-0.2, 0) is 0 Å². The van der Waals surface area contributed by atoms with Crippen LogP contribution in [0.25, 0.3) is 0 Å². The van der Waals surface area contributed by atoms with Gasteiger partial charge in [0.1, 0.15) is 17.8 Å². The van der Waals surface area contributed by atoms with Crippen LogP contribution in [0, 0.1) is 6.92 Å². The van der Waals surface area contributed by atoms with Crippen molar-refractivity contribution in [3.05, 3.63) is 47.9 Å². The number of nitrogens with zero attached hydrogens (tertiary/aromatic N) is 3. The Labute approximate surface area is 144 Å². The zero-order valence-electron chi connectivity index (χ0n) is 14.7. The van der Waals surface area contributed by atoms with Gasteiger partial charge in [-0.25, -0.2) is 9.97 Å². The molecular weight excluding hydrogens is 300 g/mol. The third kappa shape index (κ3) is 4.78. The topological polar surface area (TPSA) is 58.1 Å². The van der Waals surface area contributed by atoms with E-state index in [-0.39, 0.29) is 5.91 Å². The van der Waals surface area contributed by atoms with Gasteiger partial charge in [-0.3, -0.25) is 4.79 Å². The average molecular weight is 326 g/mol. The molecule has 5 heteroatoms. The standard InChI is InChI=1S/C19H26N4O/c1-4-6-7-11-20-18-13-17(21-14-22-18)19(24)23(5-2)16-10-8-9-15(3)12-16/h8-10,12-14H,4-7,11H2,1-3H3,(H,20,21,22). The van der Waals surface area contributed by atoms with Gasteiger partial charge in [0.05, 0.1) is 0 Å². The van der Waals surface area contributed by atoms with Crippen molar-refractivity contribution in [1.29, 1.82) is 0 Å². The molecule has 0 atom stereocenters. The van der Waals surface area contributed by atoms with Crippen molar-refractivity contribution in [2.45, 2.75) is 40.0 Å². The van der Waals surface area contributed by atoms with Crippen LogP contribution in [0.3, 0.4) is 0 Å². The molecule has 1 aromatic heterocycles. The second-order valence-corrected chi connectivity index (χ2v) is 5.81. The van der Waals surface area contributed by atoms with Gasteiger partial charge in [0.15, 0.2) is 0 Å². The molecule has 0 unspecified atom stereocenters. The average Bonchev–Trinajstić information content (AvgIpc) is 2.60. The molecule has 0 bridgehead atoms. The Morgan fingerprint density at radius 2 is 2.00 bits per heavy atom. The van der Waals surface area contributed by atoms with E-state index >= 15 is 0 Å². The van der Waals surface area contributed by atoms with E-state index in [0.717, 1.165) is 24.2 Å². The number of nitrogens with one attached hydrogen (secondary N) is 1. The monoisotopic (exact) mass is 326 g/mol. The van der Waals surface area contributed by atoms with Crippen molar-refractivity contribution in [3.63, 3.8) is 0 Å². The minimum atomic E-state index is -0.109. The number of anilines is 2. The Balaban J connectivity index is 2.12. The minimum Gasteiger partial charge on any atom is -0.370 e. The van der Waals surface area contributed by atoms with Crippen molar-refractivity contribution in [3.8, 4) is 0 Å². The molecule has 0 aliphatic carbocycles. The highest BCUT2D eigenvalue weighted by molar-refractivity contribution is 6.05. The molecule has 2 aromatic rings. The van der Waals surface area contributed by atoms with Gasteiger partial charge >= 0.3 is 0 Å². The molecule has 1 amide bonds. The van der Waals surface area contributed by atoms with E-state index in [0.29, 0.717) is 18.1 Å². The smallest absolute Gasteiger partial charge is 0.277 e. The number of aryl methyl sites for hydroxylation is 1. The highest BCUT2D eigenvalue weighted by atomic mass is 16.2. The lowest BCUT2D eigenvalue weighted by atomic mass is 10.2. The first-order chi connectivity index (χ1) is 11.7. The minimum absolute atomic E-state index is 0.109. The molecule has 0 aliphatic rings. The van der Waals surface area contributed by atoms with Gasteiger partial charge in [0, 0.05) is 24.8 Å². The lowest BCUT2D eigenvalue weighted by molar-refractivity contribution is 0.0983. The summed E-state index contributed by atoms with van der Waals surface area (Å²) in [6.45, 7) is 7.60. The number of aromatic nitrogens is 2. The maximum atomic E-state index is 12.8. The Morgan fingerprint density at radius 1 is 1.17 bits per heavy atom. The summed E-state index contributed by atoms with van der Waals surface area (Å²) in [6.07, 6.45) is 4.89. The molecule has 128 valence electrons. The number of benzene rings is 1. The van der Waals surface area contributed by atoms with Gasteiger partial charge < -0.3 is 10.2 Å². The molecule has 1 heterocycles. The number of carbonyl (C=O) groups excluding carboxylic acids is 1. The Morgan fingerprint density at radius 3 is 2.71 bits per heavy atom. The molecule has 0 spiro atoms. The van der Waals surface area contributed by atoms with Gasteiger partial charge in [0.2, 0.25) is 0 Å². The summed E-state index contributed by atoms with van der Waals surface area (Å²) in [5.41, 5.74) is 2.42. The van der Waals surface area contributed by atoms with Gasteiger partial charge in [-0.05, 0) is 38.0 Å². The van der Waals surface area contributed by atoms with E-state index in [4.69, 9.17) is 0 Å².